The van der Waals surface area contributed by atoms with Crippen LogP contribution in [0.25, 0.3) is 10.9 Å². The lowest BCUT2D eigenvalue weighted by Crippen LogP contribution is -1.82. The fourth-order valence-corrected chi connectivity index (χ4v) is 1.85. The van der Waals surface area contributed by atoms with Crippen LogP contribution in [0.1, 0.15) is 11.1 Å². The highest BCUT2D eigenvalue weighted by atomic mass is 79.9. The summed E-state index contributed by atoms with van der Waals surface area (Å²) in [4.78, 5) is 3.21. The van der Waals surface area contributed by atoms with Crippen molar-refractivity contribution in [1.82, 2.24) is 4.98 Å². The maximum absolute atomic E-state index is 3.57. The van der Waals surface area contributed by atoms with E-state index in [0.717, 1.165) is 0 Å². The van der Waals surface area contributed by atoms with Gasteiger partial charge in [0.05, 0.1) is 0 Å². The predicted molar refractivity (Wildman–Crippen MR) is 55.5 cm³/mol. The summed E-state index contributed by atoms with van der Waals surface area (Å²) in [7, 11) is 0. The predicted octanol–water partition coefficient (Wildman–Crippen LogP) is 3.55. The standard InChI is InChI=1S/C10H10BrN/c1-6-5-9-8(3-4-12-9)7(2)10(6)11/h3-5,12H,1-2H3. The van der Waals surface area contributed by atoms with E-state index in [-0.39, 0.29) is 0 Å². The number of halogens is 1. The Bertz CT molecular complexity index is 429. The van der Waals surface area contributed by atoms with E-state index < -0.39 is 0 Å². The average Bonchev–Trinajstić information content (AvgIpc) is 2.48. The molecule has 12 heavy (non-hydrogen) atoms. The molecule has 1 heterocycles. The molecule has 0 aliphatic rings. The minimum Gasteiger partial charge on any atom is -0.361 e. The van der Waals surface area contributed by atoms with Gasteiger partial charge < -0.3 is 4.98 Å². The number of aromatic nitrogens is 1. The van der Waals surface area contributed by atoms with Gasteiger partial charge in [0.25, 0.3) is 0 Å². The zero-order valence-corrected chi connectivity index (χ0v) is 8.70. The van der Waals surface area contributed by atoms with Crippen molar-refractivity contribution in [2.75, 3.05) is 0 Å². The van der Waals surface area contributed by atoms with E-state index in [1.807, 2.05) is 6.20 Å². The first kappa shape index (κ1) is 7.87. The molecule has 62 valence electrons. The van der Waals surface area contributed by atoms with Crippen LogP contribution < -0.4 is 0 Å². The number of hydrogen-bond donors (Lipinski definition) is 1. The number of rotatable bonds is 0. The normalized spacial score (nSPS) is 10.9. The van der Waals surface area contributed by atoms with E-state index in [2.05, 4.69) is 46.9 Å². The van der Waals surface area contributed by atoms with Gasteiger partial charge in [0.1, 0.15) is 0 Å². The van der Waals surface area contributed by atoms with Crippen molar-refractivity contribution in [2.45, 2.75) is 13.8 Å². The van der Waals surface area contributed by atoms with Crippen molar-refractivity contribution >= 4 is 26.8 Å². The summed E-state index contributed by atoms with van der Waals surface area (Å²) in [6.07, 6.45) is 1.98. The van der Waals surface area contributed by atoms with Crippen molar-refractivity contribution in [1.29, 1.82) is 0 Å². The second-order valence-corrected chi connectivity index (χ2v) is 3.86. The topological polar surface area (TPSA) is 15.8 Å². The second-order valence-electron chi connectivity index (χ2n) is 3.07. The van der Waals surface area contributed by atoms with Crippen LogP contribution in [0.2, 0.25) is 0 Å². The molecular weight excluding hydrogens is 214 g/mol. The Morgan fingerprint density at radius 2 is 2.08 bits per heavy atom. The lowest BCUT2D eigenvalue weighted by atomic mass is 10.1. The third-order valence-corrected chi connectivity index (χ3v) is 3.44. The fraction of sp³-hybridized carbons (Fsp3) is 0.200. The Labute approximate surface area is 79.9 Å². The first-order valence-corrected chi connectivity index (χ1v) is 4.72. The van der Waals surface area contributed by atoms with E-state index >= 15 is 0 Å². The van der Waals surface area contributed by atoms with Crippen LogP contribution >= 0.6 is 15.9 Å². The lowest BCUT2D eigenvalue weighted by molar-refractivity contribution is 1.37. The summed E-state index contributed by atoms with van der Waals surface area (Å²) in [6, 6.07) is 4.27. The van der Waals surface area contributed by atoms with E-state index in [1.165, 1.54) is 26.5 Å². The number of H-pyrrole nitrogens is 1. The molecule has 0 fully saturated rings. The molecule has 1 aromatic heterocycles. The SMILES string of the molecule is Cc1cc2[nH]ccc2c(C)c1Br. The minimum absolute atomic E-state index is 1.22. The first-order valence-electron chi connectivity index (χ1n) is 3.93. The Morgan fingerprint density at radius 3 is 2.83 bits per heavy atom. The Balaban J connectivity index is 2.94. The van der Waals surface area contributed by atoms with Gasteiger partial charge >= 0.3 is 0 Å². The third-order valence-electron chi connectivity index (χ3n) is 2.22. The molecule has 2 aromatic rings. The Hall–Kier alpha value is -0.760. The van der Waals surface area contributed by atoms with E-state index in [4.69, 9.17) is 0 Å². The lowest BCUT2D eigenvalue weighted by Gasteiger charge is -2.03. The number of nitrogens with one attached hydrogen (secondary N) is 1. The third kappa shape index (κ3) is 0.985. The highest BCUT2D eigenvalue weighted by molar-refractivity contribution is 9.10. The van der Waals surface area contributed by atoms with Gasteiger partial charge in [-0.2, -0.15) is 0 Å². The molecule has 0 radical (unpaired) electrons. The molecule has 0 saturated carbocycles. The molecule has 0 aliphatic heterocycles. The van der Waals surface area contributed by atoms with Crippen LogP contribution in [0.3, 0.4) is 0 Å². The highest BCUT2D eigenvalue weighted by Gasteiger charge is 2.04. The van der Waals surface area contributed by atoms with Crippen molar-refractivity contribution in [3.05, 3.63) is 33.9 Å². The van der Waals surface area contributed by atoms with E-state index in [0.29, 0.717) is 0 Å². The maximum Gasteiger partial charge on any atom is 0.0460 e. The number of benzene rings is 1. The van der Waals surface area contributed by atoms with E-state index in [9.17, 15) is 0 Å². The molecule has 2 heteroatoms. The molecule has 2 rings (SSSR count). The summed E-state index contributed by atoms with van der Waals surface area (Å²) in [5.74, 6) is 0. The van der Waals surface area contributed by atoms with Crippen LogP contribution in [0.4, 0.5) is 0 Å². The minimum atomic E-state index is 1.22. The number of aromatic amines is 1. The van der Waals surface area contributed by atoms with Gasteiger partial charge in [-0.3, -0.25) is 0 Å². The van der Waals surface area contributed by atoms with Gasteiger partial charge in [0, 0.05) is 21.6 Å². The van der Waals surface area contributed by atoms with Gasteiger partial charge in [0.2, 0.25) is 0 Å². The van der Waals surface area contributed by atoms with Crippen molar-refractivity contribution in [3.63, 3.8) is 0 Å². The fourth-order valence-electron chi connectivity index (χ4n) is 1.52. The molecule has 1 N–H and O–H groups in total. The molecule has 0 saturated heterocycles. The van der Waals surface area contributed by atoms with Crippen LogP contribution in [0, 0.1) is 13.8 Å². The van der Waals surface area contributed by atoms with Crippen molar-refractivity contribution in [2.24, 2.45) is 0 Å². The van der Waals surface area contributed by atoms with Crippen LogP contribution in [0.15, 0.2) is 22.8 Å². The maximum atomic E-state index is 3.57. The van der Waals surface area contributed by atoms with Gasteiger partial charge in [-0.1, -0.05) is 15.9 Å². The van der Waals surface area contributed by atoms with Gasteiger partial charge in [-0.05, 0) is 37.1 Å². The molecule has 0 amide bonds. The Morgan fingerprint density at radius 1 is 1.33 bits per heavy atom. The summed E-state index contributed by atoms with van der Waals surface area (Å²) in [5, 5.41) is 1.30. The Kier molecular flexibility index (Phi) is 1.72. The molecular formula is C10H10BrN. The highest BCUT2D eigenvalue weighted by Crippen LogP contribution is 2.28. The zero-order chi connectivity index (χ0) is 8.72. The molecule has 0 spiro atoms. The first-order chi connectivity index (χ1) is 5.70. The summed E-state index contributed by atoms with van der Waals surface area (Å²) in [6.45, 7) is 4.24. The van der Waals surface area contributed by atoms with Crippen LogP contribution in [-0.4, -0.2) is 4.98 Å². The van der Waals surface area contributed by atoms with Crippen molar-refractivity contribution in [3.8, 4) is 0 Å². The molecule has 1 nitrogen and oxygen atoms in total. The van der Waals surface area contributed by atoms with Gasteiger partial charge in [-0.25, -0.2) is 0 Å². The van der Waals surface area contributed by atoms with Gasteiger partial charge in [0.15, 0.2) is 0 Å². The number of fused-ring (bicyclic) bond motifs is 1. The number of aryl methyl sites for hydroxylation is 2. The molecule has 1 aromatic carbocycles. The van der Waals surface area contributed by atoms with Crippen molar-refractivity contribution < 1.29 is 0 Å². The quantitative estimate of drug-likeness (QED) is 0.704. The molecule has 0 atom stereocenters. The zero-order valence-electron chi connectivity index (χ0n) is 7.11. The summed E-state index contributed by atoms with van der Waals surface area (Å²) >= 11 is 3.57. The van der Waals surface area contributed by atoms with E-state index in [1.54, 1.807) is 0 Å². The van der Waals surface area contributed by atoms with Gasteiger partial charge in [-0.15, -0.1) is 0 Å². The van der Waals surface area contributed by atoms with Crippen LogP contribution in [-0.2, 0) is 0 Å². The smallest absolute Gasteiger partial charge is 0.0460 e. The average molecular weight is 224 g/mol. The monoisotopic (exact) mass is 223 g/mol. The van der Waals surface area contributed by atoms with Crippen LogP contribution in [0.5, 0.6) is 0 Å². The summed E-state index contributed by atoms with van der Waals surface area (Å²) < 4.78 is 1.22. The second kappa shape index (κ2) is 2.63. The largest absolute Gasteiger partial charge is 0.361 e. The molecule has 0 unspecified atom stereocenters. The molecule has 0 bridgehead atoms. The summed E-state index contributed by atoms with van der Waals surface area (Å²) in [5.41, 5.74) is 3.81. The number of hydrogen-bond acceptors (Lipinski definition) is 0. The molecule has 0 aliphatic carbocycles.